The van der Waals surface area contributed by atoms with Crippen molar-refractivity contribution < 1.29 is 22.3 Å². The number of alkyl halides is 3. The van der Waals surface area contributed by atoms with Crippen LogP contribution >= 0.6 is 0 Å². The molecule has 8 N–H and O–H groups in total. The van der Waals surface area contributed by atoms with Crippen LogP contribution in [-0.4, -0.2) is 32.8 Å². The number of aromatic nitrogens is 3. The summed E-state index contributed by atoms with van der Waals surface area (Å²) in [5.74, 6) is -1.98. The van der Waals surface area contributed by atoms with Crippen LogP contribution in [0.15, 0.2) is 53.5 Å². The molecule has 0 aliphatic heterocycles. The number of halogens is 4. The molecule has 0 aliphatic carbocycles. The molecule has 2 heterocycles. The molecule has 0 unspecified atom stereocenters. The van der Waals surface area contributed by atoms with Gasteiger partial charge in [0, 0.05) is 35.7 Å². The molecule has 2 atom stereocenters. The third kappa shape index (κ3) is 8.42. The molecule has 0 spiro atoms. The largest absolute Gasteiger partial charge is 0.573 e. The molecular weight excluding hydrogens is 566 g/mol. The molecule has 4 rings (SSSR count). The zero-order chi connectivity index (χ0) is 31.3. The number of ether oxygens (including phenoxy) is 1. The first-order valence-electron chi connectivity index (χ1n) is 14.0. The number of H-pyrrole nitrogens is 1. The van der Waals surface area contributed by atoms with Gasteiger partial charge in [0.05, 0.1) is 17.2 Å². The zero-order valence-electron chi connectivity index (χ0n) is 23.7. The Labute approximate surface area is 245 Å². The quantitative estimate of drug-likeness (QED) is 0.0581. The molecule has 0 saturated carbocycles. The van der Waals surface area contributed by atoms with Gasteiger partial charge in [-0.15, -0.1) is 13.2 Å². The van der Waals surface area contributed by atoms with Crippen molar-refractivity contribution in [1.82, 2.24) is 14.5 Å². The van der Waals surface area contributed by atoms with Crippen LogP contribution in [0.2, 0.25) is 0 Å². The summed E-state index contributed by atoms with van der Waals surface area (Å²) in [5.41, 5.74) is 18.9. The second-order valence-corrected chi connectivity index (χ2v) is 10.7. The van der Waals surface area contributed by atoms with E-state index < -0.39 is 23.6 Å². The van der Waals surface area contributed by atoms with Crippen LogP contribution in [0.3, 0.4) is 0 Å². The predicted molar refractivity (Wildman–Crippen MR) is 158 cm³/mol. The summed E-state index contributed by atoms with van der Waals surface area (Å²) in [4.78, 5) is 19.8. The molecule has 230 valence electrons. The Balaban J connectivity index is 1.62. The number of fused-ring (bicyclic) bond motifs is 1. The lowest BCUT2D eigenvalue weighted by atomic mass is 10.0. The smallest absolute Gasteiger partial charge is 0.403 e. The average Bonchev–Trinajstić information content (AvgIpc) is 3.33. The molecule has 9 nitrogen and oxygen atoms in total. The number of rotatable bonds is 13. The molecule has 0 radical (unpaired) electrons. The summed E-state index contributed by atoms with van der Waals surface area (Å²) in [5, 5.41) is 7.75. The van der Waals surface area contributed by atoms with Crippen LogP contribution in [0.1, 0.15) is 62.6 Å². The van der Waals surface area contributed by atoms with E-state index in [2.05, 4.69) is 14.7 Å². The first-order chi connectivity index (χ1) is 20.3. The minimum absolute atomic E-state index is 0.0878. The highest BCUT2D eigenvalue weighted by molar-refractivity contribution is 5.83. The molecule has 4 aromatic rings. The highest BCUT2D eigenvalue weighted by Crippen LogP contribution is 2.35. The Morgan fingerprint density at radius 2 is 1.81 bits per heavy atom. The number of hydrogen-bond donors (Lipinski definition) is 5. The number of aryl methyl sites for hydroxylation is 1. The van der Waals surface area contributed by atoms with Crippen molar-refractivity contribution in [1.29, 1.82) is 5.41 Å². The van der Waals surface area contributed by atoms with Crippen LogP contribution in [0, 0.1) is 11.2 Å². The lowest BCUT2D eigenvalue weighted by Gasteiger charge is -2.14. The molecular formula is C30H35F4N7O2. The van der Waals surface area contributed by atoms with Gasteiger partial charge in [0.1, 0.15) is 5.65 Å². The molecule has 0 aliphatic rings. The molecule has 2 aromatic heterocycles. The van der Waals surface area contributed by atoms with Crippen LogP contribution in [0.4, 0.5) is 17.6 Å². The van der Waals surface area contributed by atoms with Crippen molar-refractivity contribution in [3.05, 3.63) is 76.1 Å². The molecule has 0 bridgehead atoms. The summed E-state index contributed by atoms with van der Waals surface area (Å²) in [7, 11) is 0. The lowest BCUT2D eigenvalue weighted by Crippen LogP contribution is -2.20. The van der Waals surface area contributed by atoms with Gasteiger partial charge >= 0.3 is 12.1 Å². The number of nitrogens with one attached hydrogen (secondary N) is 2. The number of hydrogen-bond acceptors (Lipinski definition) is 6. The summed E-state index contributed by atoms with van der Waals surface area (Å²) in [6.45, 7) is 1.83. The molecule has 43 heavy (non-hydrogen) atoms. The van der Waals surface area contributed by atoms with E-state index in [4.69, 9.17) is 22.6 Å². The Morgan fingerprint density at radius 1 is 1.09 bits per heavy atom. The molecule has 0 fully saturated rings. The van der Waals surface area contributed by atoms with E-state index in [-0.39, 0.29) is 34.8 Å². The third-order valence-electron chi connectivity index (χ3n) is 7.06. The van der Waals surface area contributed by atoms with E-state index in [1.807, 2.05) is 19.1 Å². The van der Waals surface area contributed by atoms with Gasteiger partial charge < -0.3 is 26.9 Å². The number of aromatic amines is 1. The SMILES string of the molecule is C[C@H](N)CCCc1cc(OC(F)(F)F)c(F)c(-c2cc3cn(-c4ccc([C@@H](N)CCCCC(=N)N)cc4)c(=O)nc3[nH]2)c1. The molecule has 0 saturated heterocycles. The van der Waals surface area contributed by atoms with Gasteiger partial charge in [-0.25, -0.2) is 9.18 Å². The van der Waals surface area contributed by atoms with Crippen molar-refractivity contribution in [3.8, 4) is 22.7 Å². The van der Waals surface area contributed by atoms with Crippen molar-refractivity contribution in [3.63, 3.8) is 0 Å². The third-order valence-corrected chi connectivity index (χ3v) is 7.06. The van der Waals surface area contributed by atoms with Crippen molar-refractivity contribution >= 4 is 16.9 Å². The minimum Gasteiger partial charge on any atom is -0.403 e. The maximum atomic E-state index is 15.3. The van der Waals surface area contributed by atoms with Crippen molar-refractivity contribution in [2.24, 2.45) is 17.2 Å². The second kappa shape index (κ2) is 13.4. The fourth-order valence-corrected chi connectivity index (χ4v) is 4.88. The highest BCUT2D eigenvalue weighted by atomic mass is 19.4. The van der Waals surface area contributed by atoms with E-state index >= 15 is 4.39 Å². The van der Waals surface area contributed by atoms with Gasteiger partial charge in [0.25, 0.3) is 0 Å². The van der Waals surface area contributed by atoms with Crippen LogP contribution < -0.4 is 27.6 Å². The Hall–Kier alpha value is -4.23. The number of nitrogens with two attached hydrogens (primary N) is 3. The molecule has 13 heteroatoms. The van der Waals surface area contributed by atoms with Gasteiger partial charge in [-0.1, -0.05) is 18.6 Å². The van der Waals surface area contributed by atoms with E-state index in [0.717, 1.165) is 24.5 Å². The topological polar surface area (TPSA) is 162 Å². The standard InChI is InChI=1S/C30H35F4N7O2/c1-17(35)5-4-6-18-13-22(27(31)25(14-18)43-30(32,33)34)24-15-20-16-41(29(42)40-28(20)39-24)21-11-9-19(10-12-21)23(36)7-2-3-8-26(37)38/h9-17,23H,2-8,35-36H2,1H3,(H3,37,38)(H,39,40,42)/t17-,23-/m0/s1. The molecule has 0 amide bonds. The van der Waals surface area contributed by atoms with Gasteiger partial charge in [0.2, 0.25) is 0 Å². The van der Waals surface area contributed by atoms with Crippen LogP contribution in [-0.2, 0) is 6.42 Å². The summed E-state index contributed by atoms with van der Waals surface area (Å²) in [6, 6.07) is 10.8. The number of nitrogens with zero attached hydrogens (tertiary/aromatic N) is 2. The zero-order valence-corrected chi connectivity index (χ0v) is 23.7. The van der Waals surface area contributed by atoms with E-state index in [9.17, 15) is 18.0 Å². The van der Waals surface area contributed by atoms with E-state index in [1.165, 1.54) is 22.9 Å². The van der Waals surface area contributed by atoms with E-state index in [1.54, 1.807) is 12.1 Å². The molecule has 2 aromatic carbocycles. The Morgan fingerprint density at radius 3 is 2.47 bits per heavy atom. The fraction of sp³-hybridized carbons (Fsp3) is 0.367. The second-order valence-electron chi connectivity index (χ2n) is 10.7. The summed E-state index contributed by atoms with van der Waals surface area (Å²) >= 11 is 0. The van der Waals surface area contributed by atoms with E-state index in [0.29, 0.717) is 48.7 Å². The van der Waals surface area contributed by atoms with Gasteiger partial charge in [-0.05, 0) is 80.5 Å². The summed E-state index contributed by atoms with van der Waals surface area (Å²) < 4.78 is 59.8. The van der Waals surface area contributed by atoms with Gasteiger partial charge in [-0.3, -0.25) is 9.98 Å². The monoisotopic (exact) mass is 601 g/mol. The maximum absolute atomic E-state index is 15.3. The van der Waals surface area contributed by atoms with Gasteiger partial charge in [0.15, 0.2) is 11.6 Å². The highest BCUT2D eigenvalue weighted by Gasteiger charge is 2.33. The minimum atomic E-state index is -5.08. The maximum Gasteiger partial charge on any atom is 0.573 e. The lowest BCUT2D eigenvalue weighted by molar-refractivity contribution is -0.275. The number of unbranched alkanes of at least 4 members (excludes halogenated alkanes) is 1. The van der Waals surface area contributed by atoms with Crippen molar-refractivity contribution in [2.75, 3.05) is 0 Å². The Bertz CT molecular complexity index is 1630. The van der Waals surface area contributed by atoms with Crippen LogP contribution in [0.5, 0.6) is 5.75 Å². The Kier molecular flexibility index (Phi) is 9.87. The summed E-state index contributed by atoms with van der Waals surface area (Å²) in [6.07, 6.45) is 0.874. The average molecular weight is 602 g/mol. The fourth-order valence-electron chi connectivity index (χ4n) is 4.88. The number of benzene rings is 2. The van der Waals surface area contributed by atoms with Crippen LogP contribution in [0.25, 0.3) is 28.0 Å². The van der Waals surface area contributed by atoms with Crippen molar-refractivity contribution in [2.45, 2.75) is 70.3 Å². The first-order valence-corrected chi connectivity index (χ1v) is 14.0. The number of amidine groups is 1. The first kappa shape index (κ1) is 31.7. The predicted octanol–water partition coefficient (Wildman–Crippen LogP) is 5.58. The normalized spacial score (nSPS) is 13.3. The van der Waals surface area contributed by atoms with Gasteiger partial charge in [-0.2, -0.15) is 4.98 Å².